The number of carbonyl (C=O) groups is 2. The zero-order valence-electron chi connectivity index (χ0n) is 9.81. The van der Waals surface area contributed by atoms with Gasteiger partial charge in [0, 0.05) is 5.92 Å². The summed E-state index contributed by atoms with van der Waals surface area (Å²) in [4.78, 5) is 23.2. The van der Waals surface area contributed by atoms with Crippen molar-refractivity contribution >= 4 is 12.3 Å². The molecule has 4 unspecified atom stereocenters. The number of hydrogen-bond donors (Lipinski definition) is 0. The molecule has 16 heavy (non-hydrogen) atoms. The Labute approximate surface area is 95.9 Å². The number of aldehydes is 1. The van der Waals surface area contributed by atoms with Crippen LogP contribution in [-0.2, 0) is 14.3 Å². The molecule has 2 rings (SSSR count). The zero-order chi connectivity index (χ0) is 11.8. The Morgan fingerprint density at radius 3 is 3.00 bits per heavy atom. The molecule has 0 aromatic heterocycles. The predicted octanol–water partition coefficient (Wildman–Crippen LogP) is 2.11. The second-order valence-electron chi connectivity index (χ2n) is 4.97. The highest BCUT2D eigenvalue weighted by Gasteiger charge is 2.54. The number of fused-ring (bicyclic) bond motifs is 2. The molecule has 0 amide bonds. The van der Waals surface area contributed by atoms with Crippen LogP contribution >= 0.6 is 0 Å². The van der Waals surface area contributed by atoms with Crippen LogP contribution in [-0.4, -0.2) is 18.4 Å². The summed E-state index contributed by atoms with van der Waals surface area (Å²) in [5, 5.41) is 0. The largest absolute Gasteiger partial charge is 0.462 e. The van der Waals surface area contributed by atoms with Gasteiger partial charge in [0.1, 0.15) is 6.29 Å². The Kier molecular flexibility index (Phi) is 2.87. The van der Waals surface area contributed by atoms with Gasteiger partial charge >= 0.3 is 5.97 Å². The van der Waals surface area contributed by atoms with Gasteiger partial charge in [0.25, 0.3) is 0 Å². The number of carbonyl (C=O) groups excluding carboxylic acids is 2. The van der Waals surface area contributed by atoms with Gasteiger partial charge in [-0.2, -0.15) is 0 Å². The summed E-state index contributed by atoms with van der Waals surface area (Å²) in [6, 6.07) is 0. The Hall–Kier alpha value is -1.12. The normalized spacial score (nSPS) is 37.4. The lowest BCUT2D eigenvalue weighted by Gasteiger charge is -2.27. The van der Waals surface area contributed by atoms with E-state index in [-0.39, 0.29) is 18.0 Å². The first-order valence-corrected chi connectivity index (χ1v) is 5.98. The van der Waals surface area contributed by atoms with E-state index < -0.39 is 5.41 Å². The average molecular weight is 222 g/mol. The third-order valence-corrected chi connectivity index (χ3v) is 3.91. The van der Waals surface area contributed by atoms with E-state index in [0.717, 1.165) is 25.5 Å². The average Bonchev–Trinajstić information content (AvgIpc) is 2.86. The second kappa shape index (κ2) is 4.04. The van der Waals surface area contributed by atoms with Gasteiger partial charge in [-0.1, -0.05) is 19.1 Å². The molecule has 0 aromatic carbocycles. The minimum Gasteiger partial charge on any atom is -0.462 e. The van der Waals surface area contributed by atoms with Gasteiger partial charge in [0.15, 0.2) is 0 Å². The maximum absolute atomic E-state index is 12.1. The standard InChI is InChI=1S/C13H18O3/c1-3-9(2)16-12(15)13-5-4-10(7-13)6-11(13)8-14/h4-5,8-11H,3,6-7H2,1-2H3. The molecule has 0 saturated heterocycles. The van der Waals surface area contributed by atoms with E-state index in [0.29, 0.717) is 5.92 Å². The molecule has 2 bridgehead atoms. The fourth-order valence-electron chi connectivity index (χ4n) is 2.71. The molecule has 0 aromatic rings. The smallest absolute Gasteiger partial charge is 0.316 e. The van der Waals surface area contributed by atoms with Crippen molar-refractivity contribution in [3.05, 3.63) is 12.2 Å². The van der Waals surface area contributed by atoms with Crippen molar-refractivity contribution in [1.82, 2.24) is 0 Å². The number of rotatable bonds is 4. The van der Waals surface area contributed by atoms with Crippen LogP contribution in [0.3, 0.4) is 0 Å². The van der Waals surface area contributed by atoms with E-state index in [1.54, 1.807) is 0 Å². The van der Waals surface area contributed by atoms with Crippen LogP contribution < -0.4 is 0 Å². The van der Waals surface area contributed by atoms with Crippen LogP contribution in [0, 0.1) is 17.3 Å². The first kappa shape index (κ1) is 11.4. The van der Waals surface area contributed by atoms with Gasteiger partial charge in [-0.15, -0.1) is 0 Å². The minimum absolute atomic E-state index is 0.0674. The van der Waals surface area contributed by atoms with Crippen molar-refractivity contribution in [2.45, 2.75) is 39.2 Å². The van der Waals surface area contributed by atoms with E-state index in [1.165, 1.54) is 0 Å². The molecule has 2 aliphatic rings. The van der Waals surface area contributed by atoms with Crippen LogP contribution in [0.15, 0.2) is 12.2 Å². The lowest BCUT2D eigenvalue weighted by molar-refractivity contribution is -0.160. The highest BCUT2D eigenvalue weighted by molar-refractivity contribution is 5.85. The summed E-state index contributed by atoms with van der Waals surface area (Å²) in [6.45, 7) is 3.87. The van der Waals surface area contributed by atoms with Crippen molar-refractivity contribution in [3.63, 3.8) is 0 Å². The first-order valence-electron chi connectivity index (χ1n) is 5.98. The maximum Gasteiger partial charge on any atom is 0.316 e. The third-order valence-electron chi connectivity index (χ3n) is 3.91. The van der Waals surface area contributed by atoms with Crippen molar-refractivity contribution < 1.29 is 14.3 Å². The first-order chi connectivity index (χ1) is 7.62. The number of allylic oxidation sites excluding steroid dienone is 1. The molecule has 4 atom stereocenters. The summed E-state index contributed by atoms with van der Waals surface area (Å²) in [6.07, 6.45) is 7.16. The van der Waals surface area contributed by atoms with Crippen molar-refractivity contribution in [2.24, 2.45) is 17.3 Å². The van der Waals surface area contributed by atoms with E-state index in [2.05, 4.69) is 6.08 Å². The minimum atomic E-state index is -0.643. The maximum atomic E-state index is 12.1. The summed E-state index contributed by atoms with van der Waals surface area (Å²) in [7, 11) is 0. The van der Waals surface area contributed by atoms with Gasteiger partial charge in [-0.3, -0.25) is 4.79 Å². The summed E-state index contributed by atoms with van der Waals surface area (Å²) >= 11 is 0. The van der Waals surface area contributed by atoms with Crippen LogP contribution in [0.4, 0.5) is 0 Å². The molecule has 2 aliphatic carbocycles. The van der Waals surface area contributed by atoms with Gasteiger partial charge in [-0.05, 0) is 32.1 Å². The number of hydrogen-bond acceptors (Lipinski definition) is 3. The Balaban J connectivity index is 2.15. The van der Waals surface area contributed by atoms with Crippen molar-refractivity contribution in [1.29, 1.82) is 0 Å². The predicted molar refractivity (Wildman–Crippen MR) is 59.7 cm³/mol. The second-order valence-corrected chi connectivity index (χ2v) is 4.97. The van der Waals surface area contributed by atoms with Gasteiger partial charge in [0.05, 0.1) is 11.5 Å². The molecular formula is C13H18O3. The fourth-order valence-corrected chi connectivity index (χ4v) is 2.71. The SMILES string of the molecule is CCC(C)OC(=O)C12C=CC(CC1C=O)C2. The van der Waals surface area contributed by atoms with Crippen LogP contribution in [0.5, 0.6) is 0 Å². The number of ether oxygens (including phenoxy) is 1. The van der Waals surface area contributed by atoms with Gasteiger partial charge in [0.2, 0.25) is 0 Å². The lowest BCUT2D eigenvalue weighted by Crippen LogP contribution is -2.36. The Morgan fingerprint density at radius 1 is 1.69 bits per heavy atom. The highest BCUT2D eigenvalue weighted by atomic mass is 16.5. The molecule has 3 heteroatoms. The lowest BCUT2D eigenvalue weighted by atomic mass is 9.79. The van der Waals surface area contributed by atoms with Crippen LogP contribution in [0.2, 0.25) is 0 Å². The van der Waals surface area contributed by atoms with E-state index in [9.17, 15) is 9.59 Å². The topological polar surface area (TPSA) is 43.4 Å². The van der Waals surface area contributed by atoms with Crippen LogP contribution in [0.25, 0.3) is 0 Å². The molecule has 0 radical (unpaired) electrons. The number of esters is 1. The van der Waals surface area contributed by atoms with E-state index in [4.69, 9.17) is 4.74 Å². The Bertz CT molecular complexity index is 334. The zero-order valence-corrected chi connectivity index (χ0v) is 9.81. The molecule has 0 N–H and O–H groups in total. The Morgan fingerprint density at radius 2 is 2.44 bits per heavy atom. The summed E-state index contributed by atoms with van der Waals surface area (Å²) in [5.74, 6) is -0.00561. The molecule has 0 heterocycles. The fraction of sp³-hybridized carbons (Fsp3) is 0.692. The molecular weight excluding hydrogens is 204 g/mol. The van der Waals surface area contributed by atoms with Crippen molar-refractivity contribution in [3.8, 4) is 0 Å². The molecule has 1 saturated carbocycles. The quantitative estimate of drug-likeness (QED) is 0.415. The van der Waals surface area contributed by atoms with Gasteiger partial charge in [-0.25, -0.2) is 0 Å². The highest BCUT2D eigenvalue weighted by Crippen LogP contribution is 2.53. The van der Waals surface area contributed by atoms with Crippen molar-refractivity contribution in [2.75, 3.05) is 0 Å². The molecule has 0 aliphatic heterocycles. The monoisotopic (exact) mass is 222 g/mol. The molecule has 88 valence electrons. The van der Waals surface area contributed by atoms with E-state index in [1.807, 2.05) is 19.9 Å². The third kappa shape index (κ3) is 1.58. The molecule has 1 fully saturated rings. The van der Waals surface area contributed by atoms with E-state index >= 15 is 0 Å². The summed E-state index contributed by atoms with van der Waals surface area (Å²) in [5.41, 5.74) is -0.643. The van der Waals surface area contributed by atoms with Gasteiger partial charge < -0.3 is 9.53 Å². The summed E-state index contributed by atoms with van der Waals surface area (Å²) < 4.78 is 5.39. The molecule has 0 spiro atoms. The van der Waals surface area contributed by atoms with Crippen LogP contribution in [0.1, 0.15) is 33.1 Å². The molecule has 3 nitrogen and oxygen atoms in total.